The van der Waals surface area contributed by atoms with Gasteiger partial charge in [0.2, 0.25) is 5.95 Å². The number of hydrogen-bond acceptors (Lipinski definition) is 4. The lowest BCUT2D eigenvalue weighted by Gasteiger charge is -2.45. The molecule has 1 aromatic rings. The lowest BCUT2D eigenvalue weighted by molar-refractivity contribution is 0.122. The number of likely N-dealkylation sites (N-methyl/N-ethyl adjacent to an activating group) is 1. The van der Waals surface area contributed by atoms with E-state index in [0.717, 1.165) is 19.0 Å². The smallest absolute Gasteiger partial charge is 0.225 e. The summed E-state index contributed by atoms with van der Waals surface area (Å²) in [6, 6.07) is 1.89. The molecule has 0 aliphatic carbocycles. The quantitative estimate of drug-likeness (QED) is 0.798. The van der Waals surface area contributed by atoms with Gasteiger partial charge in [0.15, 0.2) is 0 Å². The molecule has 18 heavy (non-hydrogen) atoms. The monoisotopic (exact) mass is 246 g/mol. The lowest BCUT2D eigenvalue weighted by atomic mass is 9.86. The van der Waals surface area contributed by atoms with E-state index in [1.54, 1.807) is 0 Å². The highest BCUT2D eigenvalue weighted by Crippen LogP contribution is 2.37. The van der Waals surface area contributed by atoms with Gasteiger partial charge < -0.3 is 4.90 Å². The normalized spacial score (nSPS) is 29.1. The van der Waals surface area contributed by atoms with Crippen molar-refractivity contribution in [3.63, 3.8) is 0 Å². The Morgan fingerprint density at radius 1 is 1.17 bits per heavy atom. The molecule has 0 amide bonds. The average Bonchev–Trinajstić information content (AvgIpc) is 2.82. The third-order valence-electron chi connectivity index (χ3n) is 4.51. The predicted octanol–water partition coefficient (Wildman–Crippen LogP) is 1.93. The van der Waals surface area contributed by atoms with E-state index >= 15 is 0 Å². The fraction of sp³-hybridized carbons (Fsp3) is 0.714. The first-order valence-corrected chi connectivity index (χ1v) is 7.11. The van der Waals surface area contributed by atoms with E-state index in [1.807, 2.05) is 18.5 Å². The van der Waals surface area contributed by atoms with Crippen molar-refractivity contribution in [1.82, 2.24) is 14.9 Å². The van der Waals surface area contributed by atoms with Crippen LogP contribution in [0, 0.1) is 0 Å². The molecule has 0 bridgehead atoms. The van der Waals surface area contributed by atoms with Crippen LogP contribution in [0.25, 0.3) is 0 Å². The Hall–Kier alpha value is -1.16. The van der Waals surface area contributed by atoms with Gasteiger partial charge in [0.1, 0.15) is 0 Å². The molecule has 2 fully saturated rings. The van der Waals surface area contributed by atoms with Gasteiger partial charge in [-0.3, -0.25) is 4.90 Å². The molecule has 0 unspecified atom stereocenters. The number of aromatic nitrogens is 2. The van der Waals surface area contributed by atoms with Crippen LogP contribution in [-0.4, -0.2) is 46.6 Å². The fourth-order valence-electron chi connectivity index (χ4n) is 3.69. The molecule has 98 valence electrons. The predicted molar refractivity (Wildman–Crippen MR) is 72.7 cm³/mol. The molecule has 0 saturated carbocycles. The highest BCUT2D eigenvalue weighted by molar-refractivity contribution is 5.31. The molecule has 2 saturated heterocycles. The summed E-state index contributed by atoms with van der Waals surface area (Å²) in [5.41, 5.74) is 0.395. The van der Waals surface area contributed by atoms with Crippen LogP contribution in [0.2, 0.25) is 0 Å². The van der Waals surface area contributed by atoms with Crippen molar-refractivity contribution < 1.29 is 0 Å². The number of nitrogens with zero attached hydrogens (tertiary/aromatic N) is 4. The van der Waals surface area contributed by atoms with Gasteiger partial charge in [-0.15, -0.1) is 0 Å². The zero-order chi connectivity index (χ0) is 12.4. The summed E-state index contributed by atoms with van der Waals surface area (Å²) in [5, 5.41) is 0. The maximum absolute atomic E-state index is 4.40. The minimum atomic E-state index is 0.395. The van der Waals surface area contributed by atoms with Crippen LogP contribution in [0.15, 0.2) is 18.5 Å². The van der Waals surface area contributed by atoms with Crippen LogP contribution in [0.3, 0.4) is 0 Å². The molecule has 4 nitrogen and oxygen atoms in total. The standard InChI is InChI=1S/C14H22N4/c1-2-18-11-4-7-14(18)6-3-10-17(12-14)13-15-8-5-9-16-13/h5,8-9H,2-4,6-7,10-12H2,1H3/t14-/m0/s1. The van der Waals surface area contributed by atoms with E-state index in [0.29, 0.717) is 5.54 Å². The summed E-state index contributed by atoms with van der Waals surface area (Å²) in [4.78, 5) is 13.8. The number of likely N-dealkylation sites (tertiary alicyclic amines) is 1. The lowest BCUT2D eigenvalue weighted by Crippen LogP contribution is -2.56. The first kappa shape index (κ1) is 11.9. The van der Waals surface area contributed by atoms with Gasteiger partial charge in [-0.1, -0.05) is 6.92 Å². The Bertz CT molecular complexity index is 394. The SMILES string of the molecule is CCN1CCC[C@]12CCCN(c1ncccn1)C2. The third-order valence-corrected chi connectivity index (χ3v) is 4.51. The van der Waals surface area contributed by atoms with Crippen molar-refractivity contribution in [2.45, 2.75) is 38.1 Å². The Labute approximate surface area is 109 Å². The zero-order valence-electron chi connectivity index (χ0n) is 11.2. The summed E-state index contributed by atoms with van der Waals surface area (Å²) >= 11 is 0. The van der Waals surface area contributed by atoms with Crippen molar-refractivity contribution in [2.75, 3.05) is 31.1 Å². The van der Waals surface area contributed by atoms with Crippen molar-refractivity contribution in [2.24, 2.45) is 0 Å². The Morgan fingerprint density at radius 2 is 1.89 bits per heavy atom. The van der Waals surface area contributed by atoms with Crippen molar-refractivity contribution >= 4 is 5.95 Å². The molecule has 3 heterocycles. The molecule has 0 N–H and O–H groups in total. The van der Waals surface area contributed by atoms with Crippen LogP contribution in [-0.2, 0) is 0 Å². The summed E-state index contributed by atoms with van der Waals surface area (Å²) in [5.74, 6) is 0.902. The molecule has 3 rings (SSSR count). The van der Waals surface area contributed by atoms with E-state index in [-0.39, 0.29) is 0 Å². The summed E-state index contributed by atoms with van der Waals surface area (Å²) in [6.45, 7) is 6.92. The van der Waals surface area contributed by atoms with E-state index in [1.165, 1.54) is 38.8 Å². The molecular formula is C14H22N4. The summed E-state index contributed by atoms with van der Waals surface area (Å²) < 4.78 is 0. The van der Waals surface area contributed by atoms with Gasteiger partial charge in [-0.2, -0.15) is 0 Å². The Balaban J connectivity index is 1.80. The number of anilines is 1. The number of hydrogen-bond donors (Lipinski definition) is 0. The fourth-order valence-corrected chi connectivity index (χ4v) is 3.69. The molecule has 2 aliphatic rings. The third kappa shape index (κ3) is 1.99. The van der Waals surface area contributed by atoms with E-state index in [4.69, 9.17) is 0 Å². The van der Waals surface area contributed by atoms with Crippen molar-refractivity contribution in [3.05, 3.63) is 18.5 Å². The summed E-state index contributed by atoms with van der Waals surface area (Å²) in [6.07, 6.45) is 8.96. The highest BCUT2D eigenvalue weighted by Gasteiger charge is 2.43. The minimum Gasteiger partial charge on any atom is -0.339 e. The van der Waals surface area contributed by atoms with Crippen LogP contribution >= 0.6 is 0 Å². The second-order valence-electron chi connectivity index (χ2n) is 5.48. The topological polar surface area (TPSA) is 32.3 Å². The largest absolute Gasteiger partial charge is 0.339 e. The Kier molecular flexibility index (Phi) is 3.20. The van der Waals surface area contributed by atoms with Gasteiger partial charge in [-0.25, -0.2) is 9.97 Å². The summed E-state index contributed by atoms with van der Waals surface area (Å²) in [7, 11) is 0. The van der Waals surface area contributed by atoms with Gasteiger partial charge in [0, 0.05) is 31.0 Å². The van der Waals surface area contributed by atoms with Crippen LogP contribution in [0.4, 0.5) is 5.95 Å². The number of rotatable bonds is 2. The van der Waals surface area contributed by atoms with Gasteiger partial charge in [-0.05, 0) is 44.8 Å². The number of piperidine rings is 1. The van der Waals surface area contributed by atoms with Gasteiger partial charge in [0.05, 0.1) is 0 Å². The molecule has 0 aromatic carbocycles. The molecule has 1 spiro atoms. The van der Waals surface area contributed by atoms with Crippen molar-refractivity contribution in [3.8, 4) is 0 Å². The second-order valence-corrected chi connectivity index (χ2v) is 5.48. The van der Waals surface area contributed by atoms with Gasteiger partial charge >= 0.3 is 0 Å². The average molecular weight is 246 g/mol. The van der Waals surface area contributed by atoms with E-state index < -0.39 is 0 Å². The van der Waals surface area contributed by atoms with Crippen molar-refractivity contribution in [1.29, 1.82) is 0 Å². The second kappa shape index (κ2) is 4.84. The maximum Gasteiger partial charge on any atom is 0.225 e. The first-order chi connectivity index (χ1) is 8.84. The molecule has 1 atom stereocenters. The highest BCUT2D eigenvalue weighted by atomic mass is 15.3. The molecule has 1 aromatic heterocycles. The first-order valence-electron chi connectivity index (χ1n) is 7.11. The molecular weight excluding hydrogens is 224 g/mol. The van der Waals surface area contributed by atoms with Gasteiger partial charge in [0.25, 0.3) is 0 Å². The molecule has 0 radical (unpaired) electrons. The molecule has 2 aliphatic heterocycles. The Morgan fingerprint density at radius 3 is 2.61 bits per heavy atom. The maximum atomic E-state index is 4.40. The minimum absolute atomic E-state index is 0.395. The van der Waals surface area contributed by atoms with Crippen LogP contribution < -0.4 is 4.90 Å². The zero-order valence-corrected chi connectivity index (χ0v) is 11.2. The van der Waals surface area contributed by atoms with Crippen LogP contribution in [0.1, 0.15) is 32.6 Å². The van der Waals surface area contributed by atoms with E-state index in [9.17, 15) is 0 Å². The van der Waals surface area contributed by atoms with Crippen LogP contribution in [0.5, 0.6) is 0 Å². The van der Waals surface area contributed by atoms with E-state index in [2.05, 4.69) is 26.7 Å². The molecule has 4 heteroatoms.